The minimum Gasteiger partial charge on any atom is -0.273 e. The van der Waals surface area contributed by atoms with Crippen LogP contribution in [0.15, 0.2) is 0 Å². The van der Waals surface area contributed by atoms with Crippen LogP contribution in [-0.2, 0) is 9.59 Å². The van der Waals surface area contributed by atoms with Gasteiger partial charge in [-0.25, -0.2) is 0 Å². The smallest absolute Gasteiger partial charge is 0.241 e. The van der Waals surface area contributed by atoms with Crippen molar-refractivity contribution in [1.82, 2.24) is 10.9 Å². The molecule has 0 aromatic heterocycles. The van der Waals surface area contributed by atoms with E-state index in [0.29, 0.717) is 18.3 Å². The zero-order valence-corrected chi connectivity index (χ0v) is 9.67. The minimum atomic E-state index is -0.106. The number of hydrogen-bond acceptors (Lipinski definition) is 2. The lowest BCUT2D eigenvalue weighted by Gasteiger charge is -2.15. The van der Waals surface area contributed by atoms with Crippen LogP contribution in [0, 0.1) is 17.8 Å². The molecule has 0 heterocycles. The second-order valence-electron chi connectivity index (χ2n) is 4.74. The van der Waals surface area contributed by atoms with Crippen molar-refractivity contribution in [3.63, 3.8) is 0 Å². The fraction of sp³-hybridized carbons (Fsp3) is 0.818. The molecule has 2 amide bonds. The number of nitrogens with one attached hydrogen (secondary N) is 2. The predicted molar refractivity (Wildman–Crippen MR) is 57.6 cm³/mol. The lowest BCUT2D eigenvalue weighted by atomic mass is 9.95. The zero-order valence-electron chi connectivity index (χ0n) is 9.67. The van der Waals surface area contributed by atoms with Gasteiger partial charge in [0.2, 0.25) is 11.8 Å². The second kappa shape index (κ2) is 5.14. The van der Waals surface area contributed by atoms with E-state index in [-0.39, 0.29) is 17.7 Å². The summed E-state index contributed by atoms with van der Waals surface area (Å²) in [4.78, 5) is 22.6. The highest BCUT2D eigenvalue weighted by Crippen LogP contribution is 2.28. The molecule has 0 radical (unpaired) electrons. The van der Waals surface area contributed by atoms with Crippen molar-refractivity contribution in [2.75, 3.05) is 0 Å². The topological polar surface area (TPSA) is 58.2 Å². The van der Waals surface area contributed by atoms with Crippen LogP contribution in [0.1, 0.15) is 40.0 Å². The summed E-state index contributed by atoms with van der Waals surface area (Å²) in [6.07, 6.45) is 2.36. The summed E-state index contributed by atoms with van der Waals surface area (Å²) >= 11 is 0. The van der Waals surface area contributed by atoms with E-state index in [0.717, 1.165) is 12.8 Å². The molecule has 1 rings (SSSR count). The van der Waals surface area contributed by atoms with Gasteiger partial charge in [0.1, 0.15) is 0 Å². The lowest BCUT2D eigenvalue weighted by Crippen LogP contribution is -2.43. The fourth-order valence-corrected chi connectivity index (χ4v) is 1.16. The molecule has 0 saturated heterocycles. The van der Waals surface area contributed by atoms with E-state index in [1.165, 1.54) is 0 Å². The first-order valence-corrected chi connectivity index (χ1v) is 5.59. The molecule has 4 nitrogen and oxygen atoms in total. The highest BCUT2D eigenvalue weighted by atomic mass is 16.2. The van der Waals surface area contributed by atoms with Crippen molar-refractivity contribution in [2.24, 2.45) is 17.8 Å². The van der Waals surface area contributed by atoms with E-state index in [1.807, 2.05) is 6.92 Å². The first-order valence-electron chi connectivity index (χ1n) is 5.59. The third-order valence-corrected chi connectivity index (χ3v) is 2.92. The van der Waals surface area contributed by atoms with Crippen LogP contribution in [0.25, 0.3) is 0 Å². The summed E-state index contributed by atoms with van der Waals surface area (Å²) in [5, 5.41) is 0. The largest absolute Gasteiger partial charge is 0.273 e. The van der Waals surface area contributed by atoms with Gasteiger partial charge in [-0.05, 0) is 24.7 Å². The SMILES string of the molecule is CC(C)C(C)CC(=O)NNC(=O)C1CC1. The number of rotatable bonds is 4. The fourth-order valence-electron chi connectivity index (χ4n) is 1.16. The molecule has 1 atom stereocenters. The van der Waals surface area contributed by atoms with Gasteiger partial charge in [0.05, 0.1) is 0 Å². The molecule has 2 N–H and O–H groups in total. The van der Waals surface area contributed by atoms with E-state index in [1.54, 1.807) is 0 Å². The van der Waals surface area contributed by atoms with Crippen molar-refractivity contribution in [1.29, 1.82) is 0 Å². The lowest BCUT2D eigenvalue weighted by molar-refractivity contribution is -0.130. The molecule has 0 aromatic rings. The molecule has 1 fully saturated rings. The maximum atomic E-state index is 11.4. The first kappa shape index (κ1) is 12.0. The molecule has 1 saturated carbocycles. The normalized spacial score (nSPS) is 17.3. The quantitative estimate of drug-likeness (QED) is 0.688. The van der Waals surface area contributed by atoms with Crippen LogP contribution in [0.2, 0.25) is 0 Å². The van der Waals surface area contributed by atoms with Gasteiger partial charge in [0, 0.05) is 12.3 Å². The van der Waals surface area contributed by atoms with Crippen molar-refractivity contribution in [3.05, 3.63) is 0 Å². The van der Waals surface area contributed by atoms with Crippen molar-refractivity contribution in [3.8, 4) is 0 Å². The summed E-state index contributed by atoms with van der Waals surface area (Å²) in [5.41, 5.74) is 4.90. The van der Waals surface area contributed by atoms with Gasteiger partial charge in [0.15, 0.2) is 0 Å². The van der Waals surface area contributed by atoms with Crippen LogP contribution in [0.3, 0.4) is 0 Å². The predicted octanol–water partition coefficient (Wildman–Crippen LogP) is 1.23. The Morgan fingerprint density at radius 1 is 1.20 bits per heavy atom. The minimum absolute atomic E-state index is 0.0550. The average Bonchev–Trinajstić information content (AvgIpc) is 2.96. The molecule has 86 valence electrons. The Morgan fingerprint density at radius 3 is 2.27 bits per heavy atom. The van der Waals surface area contributed by atoms with Crippen LogP contribution < -0.4 is 10.9 Å². The third kappa shape index (κ3) is 4.32. The number of hydrazine groups is 1. The maximum absolute atomic E-state index is 11.4. The van der Waals surface area contributed by atoms with Crippen LogP contribution >= 0.6 is 0 Å². The van der Waals surface area contributed by atoms with Crippen molar-refractivity contribution in [2.45, 2.75) is 40.0 Å². The van der Waals surface area contributed by atoms with Gasteiger partial charge in [-0.3, -0.25) is 20.4 Å². The second-order valence-corrected chi connectivity index (χ2v) is 4.74. The van der Waals surface area contributed by atoms with E-state index in [9.17, 15) is 9.59 Å². The molecule has 0 bridgehead atoms. The molecule has 1 aliphatic rings. The highest BCUT2D eigenvalue weighted by Gasteiger charge is 2.29. The van der Waals surface area contributed by atoms with E-state index >= 15 is 0 Å². The number of carbonyl (C=O) groups excluding carboxylic acids is 2. The third-order valence-electron chi connectivity index (χ3n) is 2.92. The van der Waals surface area contributed by atoms with E-state index < -0.39 is 0 Å². The van der Waals surface area contributed by atoms with E-state index in [4.69, 9.17) is 0 Å². The van der Waals surface area contributed by atoms with Crippen LogP contribution in [0.5, 0.6) is 0 Å². The number of amides is 2. The maximum Gasteiger partial charge on any atom is 0.241 e. The summed E-state index contributed by atoms with van der Waals surface area (Å²) in [6.45, 7) is 6.20. The number of carbonyl (C=O) groups is 2. The number of hydrogen-bond donors (Lipinski definition) is 2. The highest BCUT2D eigenvalue weighted by molar-refractivity contribution is 5.84. The molecule has 0 spiro atoms. The van der Waals surface area contributed by atoms with Gasteiger partial charge in [0.25, 0.3) is 0 Å². The van der Waals surface area contributed by atoms with Crippen LogP contribution in [-0.4, -0.2) is 11.8 Å². The van der Waals surface area contributed by atoms with Gasteiger partial charge < -0.3 is 0 Å². The standard InChI is InChI=1S/C11H20N2O2/c1-7(2)8(3)6-10(14)12-13-11(15)9-4-5-9/h7-9H,4-6H2,1-3H3,(H,12,14)(H,13,15). The molecule has 4 heteroatoms. The van der Waals surface area contributed by atoms with Gasteiger partial charge >= 0.3 is 0 Å². The average molecular weight is 212 g/mol. The zero-order chi connectivity index (χ0) is 11.4. The molecule has 15 heavy (non-hydrogen) atoms. The Kier molecular flexibility index (Phi) is 4.12. The van der Waals surface area contributed by atoms with Gasteiger partial charge in [-0.2, -0.15) is 0 Å². The van der Waals surface area contributed by atoms with Crippen molar-refractivity contribution < 1.29 is 9.59 Å². The Hall–Kier alpha value is -1.06. The molecule has 1 aliphatic carbocycles. The summed E-state index contributed by atoms with van der Waals surface area (Å²) in [7, 11) is 0. The van der Waals surface area contributed by atoms with Gasteiger partial charge in [-0.15, -0.1) is 0 Å². The first-order chi connectivity index (χ1) is 7.00. The Bertz CT molecular complexity index is 247. The summed E-state index contributed by atoms with van der Waals surface area (Å²) in [6, 6.07) is 0. The Balaban J connectivity index is 2.15. The molecule has 1 unspecified atom stereocenters. The Labute approximate surface area is 90.8 Å². The van der Waals surface area contributed by atoms with Gasteiger partial charge in [-0.1, -0.05) is 20.8 Å². The molecule has 0 aromatic carbocycles. The molecular weight excluding hydrogens is 192 g/mol. The summed E-state index contributed by atoms with van der Waals surface area (Å²) < 4.78 is 0. The van der Waals surface area contributed by atoms with Crippen molar-refractivity contribution >= 4 is 11.8 Å². The molecular formula is C11H20N2O2. The summed E-state index contributed by atoms with van der Waals surface area (Å²) in [5.74, 6) is 0.788. The monoisotopic (exact) mass is 212 g/mol. The van der Waals surface area contributed by atoms with E-state index in [2.05, 4.69) is 24.7 Å². The van der Waals surface area contributed by atoms with Crippen LogP contribution in [0.4, 0.5) is 0 Å². The Morgan fingerprint density at radius 2 is 1.80 bits per heavy atom. The molecule has 0 aliphatic heterocycles.